The number of rotatable bonds is 1. The van der Waals surface area contributed by atoms with Crippen molar-refractivity contribution in [2.24, 2.45) is 0 Å². The first-order chi connectivity index (χ1) is 8.16. The van der Waals surface area contributed by atoms with Crippen LogP contribution in [0.3, 0.4) is 0 Å². The number of aromatic nitrogens is 1. The smallest absolute Gasteiger partial charge is 0.175 e. The summed E-state index contributed by atoms with van der Waals surface area (Å²) in [5.74, 6) is -1.54. The Morgan fingerprint density at radius 2 is 2.06 bits per heavy atom. The third-order valence-electron chi connectivity index (χ3n) is 2.42. The van der Waals surface area contributed by atoms with Gasteiger partial charge in [0.05, 0.1) is 17.2 Å². The Bertz CT molecular complexity index is 703. The number of furan rings is 1. The maximum Gasteiger partial charge on any atom is 0.175 e. The molecule has 0 atom stereocenters. The molecule has 3 aromatic rings. The summed E-state index contributed by atoms with van der Waals surface area (Å²) in [5, 5.41) is 3.57. The lowest BCUT2D eigenvalue weighted by molar-refractivity contribution is 0.430. The van der Waals surface area contributed by atoms with Gasteiger partial charge in [0.25, 0.3) is 0 Å². The largest absolute Gasteiger partial charge is 0.464 e. The molecule has 2 heterocycles. The monoisotopic (exact) mass is 236 g/mol. The number of benzene rings is 1. The molecule has 17 heavy (non-hydrogen) atoms. The van der Waals surface area contributed by atoms with E-state index in [1.54, 1.807) is 0 Å². The van der Waals surface area contributed by atoms with Crippen LogP contribution in [0.5, 0.6) is 0 Å². The van der Waals surface area contributed by atoms with Crippen molar-refractivity contribution in [1.82, 2.24) is 5.16 Å². The van der Waals surface area contributed by atoms with Crippen molar-refractivity contribution in [1.29, 1.82) is 0 Å². The van der Waals surface area contributed by atoms with Crippen LogP contribution in [0.2, 0.25) is 0 Å². The first-order valence-electron chi connectivity index (χ1n) is 4.74. The minimum absolute atomic E-state index is 0.0550. The van der Waals surface area contributed by atoms with E-state index in [4.69, 9.17) is 14.7 Å². The van der Waals surface area contributed by atoms with Gasteiger partial charge in [-0.2, -0.15) is 0 Å². The summed E-state index contributed by atoms with van der Waals surface area (Å²) in [6.45, 7) is 0. The average molecular weight is 236 g/mol. The molecule has 4 nitrogen and oxygen atoms in total. The van der Waals surface area contributed by atoms with Gasteiger partial charge < -0.3 is 14.7 Å². The third-order valence-corrected chi connectivity index (χ3v) is 2.42. The van der Waals surface area contributed by atoms with Gasteiger partial charge >= 0.3 is 0 Å². The molecular formula is C11H6F2N2O2. The lowest BCUT2D eigenvalue weighted by atomic mass is 10.1. The van der Waals surface area contributed by atoms with E-state index in [0.29, 0.717) is 0 Å². The fraction of sp³-hybridized carbons (Fsp3) is 0. The van der Waals surface area contributed by atoms with Crippen molar-refractivity contribution in [3.05, 3.63) is 36.1 Å². The molecule has 2 aromatic heterocycles. The fourth-order valence-electron chi connectivity index (χ4n) is 1.67. The number of anilines is 1. The van der Waals surface area contributed by atoms with Crippen molar-refractivity contribution in [3.63, 3.8) is 0 Å². The third kappa shape index (κ3) is 1.37. The van der Waals surface area contributed by atoms with E-state index in [0.717, 1.165) is 6.07 Å². The predicted octanol–water partition coefficient (Wildman–Crippen LogP) is 2.95. The molecule has 0 bridgehead atoms. The van der Waals surface area contributed by atoms with Gasteiger partial charge in [0, 0.05) is 12.1 Å². The van der Waals surface area contributed by atoms with Crippen molar-refractivity contribution in [2.75, 3.05) is 5.73 Å². The van der Waals surface area contributed by atoms with Gasteiger partial charge in [-0.05, 0) is 6.07 Å². The van der Waals surface area contributed by atoms with Crippen molar-refractivity contribution < 1.29 is 17.7 Å². The van der Waals surface area contributed by atoms with Crippen LogP contribution in [0.4, 0.5) is 14.6 Å². The van der Waals surface area contributed by atoms with Gasteiger partial charge in [-0.1, -0.05) is 5.16 Å². The molecule has 6 heteroatoms. The first kappa shape index (κ1) is 9.83. The zero-order chi connectivity index (χ0) is 12.0. The maximum absolute atomic E-state index is 14.0. The Labute approximate surface area is 93.6 Å². The van der Waals surface area contributed by atoms with Crippen LogP contribution in [-0.4, -0.2) is 5.16 Å². The van der Waals surface area contributed by atoms with E-state index in [1.807, 2.05) is 0 Å². The molecule has 0 spiro atoms. The zero-order valence-electron chi connectivity index (χ0n) is 8.41. The molecule has 3 rings (SSSR count). The van der Waals surface area contributed by atoms with Crippen LogP contribution < -0.4 is 5.73 Å². The topological polar surface area (TPSA) is 65.2 Å². The molecule has 0 aliphatic rings. The van der Waals surface area contributed by atoms with Crippen LogP contribution >= 0.6 is 0 Å². The summed E-state index contributed by atoms with van der Waals surface area (Å²) in [5.41, 5.74) is 5.17. The van der Waals surface area contributed by atoms with Gasteiger partial charge in [-0.25, -0.2) is 8.78 Å². The molecule has 0 fully saturated rings. The zero-order valence-corrected chi connectivity index (χ0v) is 8.41. The van der Waals surface area contributed by atoms with Gasteiger partial charge in [0.2, 0.25) is 0 Å². The molecule has 0 unspecified atom stereocenters. The minimum atomic E-state index is -0.791. The highest BCUT2D eigenvalue weighted by molar-refractivity contribution is 5.84. The summed E-state index contributed by atoms with van der Waals surface area (Å²) in [6.07, 6.45) is 1.28. The number of nitrogen functional groups attached to an aromatic ring is 1. The molecule has 1 aromatic carbocycles. The molecule has 0 saturated carbocycles. The quantitative estimate of drug-likeness (QED) is 0.705. The number of nitrogens with two attached hydrogens (primary N) is 1. The second-order valence-corrected chi connectivity index (χ2v) is 3.50. The van der Waals surface area contributed by atoms with Crippen molar-refractivity contribution in [3.8, 4) is 11.3 Å². The number of hydrogen-bond donors (Lipinski definition) is 1. The molecular weight excluding hydrogens is 230 g/mol. The summed E-state index contributed by atoms with van der Waals surface area (Å²) < 4.78 is 37.4. The van der Waals surface area contributed by atoms with Crippen LogP contribution in [0.25, 0.3) is 22.3 Å². The second-order valence-electron chi connectivity index (χ2n) is 3.50. The van der Waals surface area contributed by atoms with E-state index in [-0.39, 0.29) is 28.1 Å². The first-order valence-corrected chi connectivity index (χ1v) is 4.74. The number of halogens is 2. The summed E-state index contributed by atoms with van der Waals surface area (Å²) in [7, 11) is 0. The molecule has 0 amide bonds. The normalized spacial score (nSPS) is 11.2. The Morgan fingerprint density at radius 3 is 2.76 bits per heavy atom. The van der Waals surface area contributed by atoms with Crippen LogP contribution in [0, 0.1) is 11.6 Å². The van der Waals surface area contributed by atoms with Crippen LogP contribution in [-0.2, 0) is 0 Å². The summed E-state index contributed by atoms with van der Waals surface area (Å²) >= 11 is 0. The molecule has 2 N–H and O–H groups in total. The Morgan fingerprint density at radius 1 is 1.24 bits per heavy atom. The Hall–Kier alpha value is -2.37. The summed E-state index contributed by atoms with van der Waals surface area (Å²) in [6, 6.07) is 3.76. The number of nitrogens with zero attached hydrogens (tertiary/aromatic N) is 1. The highest BCUT2D eigenvalue weighted by Gasteiger charge is 2.20. The van der Waals surface area contributed by atoms with Gasteiger partial charge in [-0.3, -0.25) is 0 Å². The molecule has 0 aliphatic carbocycles. The number of hydrogen-bond acceptors (Lipinski definition) is 4. The molecule has 0 radical (unpaired) electrons. The van der Waals surface area contributed by atoms with Crippen LogP contribution in [0.15, 0.2) is 33.4 Å². The van der Waals surface area contributed by atoms with E-state index < -0.39 is 11.6 Å². The van der Waals surface area contributed by atoms with E-state index in [2.05, 4.69) is 5.16 Å². The number of fused-ring (bicyclic) bond motifs is 1. The summed E-state index contributed by atoms with van der Waals surface area (Å²) in [4.78, 5) is 0. The Balaban J connectivity index is 2.35. The molecule has 86 valence electrons. The van der Waals surface area contributed by atoms with Crippen molar-refractivity contribution >= 4 is 16.8 Å². The van der Waals surface area contributed by atoms with Crippen LogP contribution in [0.1, 0.15) is 0 Å². The van der Waals surface area contributed by atoms with E-state index in [9.17, 15) is 8.78 Å². The highest BCUT2D eigenvalue weighted by atomic mass is 19.1. The lowest BCUT2D eigenvalue weighted by Crippen LogP contribution is -1.89. The van der Waals surface area contributed by atoms with E-state index >= 15 is 0 Å². The maximum atomic E-state index is 14.0. The minimum Gasteiger partial charge on any atom is -0.464 e. The van der Waals surface area contributed by atoms with Gasteiger partial charge in [0.1, 0.15) is 17.2 Å². The van der Waals surface area contributed by atoms with Gasteiger partial charge in [-0.15, -0.1) is 0 Å². The Kier molecular flexibility index (Phi) is 1.91. The second kappa shape index (κ2) is 3.31. The molecule has 0 aliphatic heterocycles. The van der Waals surface area contributed by atoms with E-state index in [1.165, 1.54) is 18.4 Å². The standard InChI is InChI=1S/C11H6F2N2O2/c12-6-3-7-5(1-2-16-7)11(13)10(6)8-4-9(14)15-17-8/h1-4H,(H2,14,15). The predicted molar refractivity (Wildman–Crippen MR) is 56.0 cm³/mol. The SMILES string of the molecule is Nc1cc(-c2c(F)cc3occc3c2F)on1. The lowest BCUT2D eigenvalue weighted by Gasteiger charge is -2.01. The van der Waals surface area contributed by atoms with Gasteiger partial charge in [0.15, 0.2) is 11.6 Å². The highest BCUT2D eigenvalue weighted by Crippen LogP contribution is 2.32. The van der Waals surface area contributed by atoms with Crippen molar-refractivity contribution in [2.45, 2.75) is 0 Å². The molecule has 0 saturated heterocycles. The average Bonchev–Trinajstić information content (AvgIpc) is 2.87. The fourth-order valence-corrected chi connectivity index (χ4v) is 1.67.